The van der Waals surface area contributed by atoms with E-state index in [1.54, 1.807) is 0 Å². The van der Waals surface area contributed by atoms with Gasteiger partial charge in [-0.25, -0.2) is 0 Å². The zero-order chi connectivity index (χ0) is 24.6. The van der Waals surface area contributed by atoms with E-state index in [2.05, 4.69) is 40.5 Å². The van der Waals surface area contributed by atoms with Crippen LogP contribution in [0.5, 0.6) is 0 Å². The van der Waals surface area contributed by atoms with Gasteiger partial charge in [-0.2, -0.15) is 0 Å². The fraction of sp³-hybridized carbons (Fsp3) is 0.724. The van der Waals surface area contributed by atoms with E-state index in [4.69, 9.17) is 9.47 Å². The monoisotopic (exact) mass is 484 g/mol. The van der Waals surface area contributed by atoms with Gasteiger partial charge in [0.1, 0.15) is 0 Å². The number of fused-ring (bicyclic) bond motifs is 4. The highest BCUT2D eigenvalue weighted by atomic mass is 16.5. The van der Waals surface area contributed by atoms with Crippen LogP contribution in [-0.4, -0.2) is 54.2 Å². The molecule has 4 aliphatic rings. The average molecular weight is 485 g/mol. The van der Waals surface area contributed by atoms with Crippen molar-refractivity contribution in [3.05, 3.63) is 35.9 Å². The topological polar surface area (TPSA) is 67.9 Å². The third-order valence-electron chi connectivity index (χ3n) is 8.29. The van der Waals surface area contributed by atoms with Crippen molar-refractivity contribution in [2.24, 2.45) is 11.8 Å². The van der Waals surface area contributed by atoms with Crippen molar-refractivity contribution < 1.29 is 19.1 Å². The molecular formula is C29H44N2O4. The molecule has 1 aromatic carbocycles. The minimum atomic E-state index is 0.0194. The number of esters is 2. The predicted octanol–water partition coefficient (Wildman–Crippen LogP) is 4.85. The fourth-order valence-corrected chi connectivity index (χ4v) is 6.70. The first-order chi connectivity index (χ1) is 17.1. The molecule has 0 spiro atoms. The smallest absolute Gasteiger partial charge is 0.309 e. The van der Waals surface area contributed by atoms with Gasteiger partial charge in [-0.3, -0.25) is 14.5 Å². The van der Waals surface area contributed by atoms with E-state index in [1.165, 1.54) is 44.1 Å². The van der Waals surface area contributed by atoms with E-state index in [0.29, 0.717) is 37.4 Å². The molecule has 4 fully saturated rings. The molecule has 4 unspecified atom stereocenters. The molecule has 0 saturated carbocycles. The van der Waals surface area contributed by atoms with Crippen LogP contribution in [0, 0.1) is 11.8 Å². The molecule has 194 valence electrons. The second-order valence-corrected chi connectivity index (χ2v) is 10.7. The predicted molar refractivity (Wildman–Crippen MR) is 137 cm³/mol. The van der Waals surface area contributed by atoms with Crippen LogP contribution in [0.4, 0.5) is 0 Å². The van der Waals surface area contributed by atoms with Crippen molar-refractivity contribution >= 4 is 11.9 Å². The molecule has 0 aromatic heterocycles. The molecule has 35 heavy (non-hydrogen) atoms. The Labute approximate surface area is 211 Å². The van der Waals surface area contributed by atoms with Crippen LogP contribution in [0.1, 0.15) is 83.6 Å². The first-order valence-corrected chi connectivity index (χ1v) is 14.0. The molecule has 4 heterocycles. The van der Waals surface area contributed by atoms with Crippen LogP contribution in [0.3, 0.4) is 0 Å². The lowest BCUT2D eigenvalue weighted by atomic mass is 9.78. The summed E-state index contributed by atoms with van der Waals surface area (Å²) in [6.07, 6.45) is 11.4. The highest BCUT2D eigenvalue weighted by molar-refractivity contribution is 5.73. The van der Waals surface area contributed by atoms with Crippen molar-refractivity contribution in [3.8, 4) is 0 Å². The number of carbonyl (C=O) groups excluding carboxylic acids is 2. The Morgan fingerprint density at radius 2 is 1.31 bits per heavy atom. The van der Waals surface area contributed by atoms with E-state index in [0.717, 1.165) is 32.2 Å². The zero-order valence-corrected chi connectivity index (χ0v) is 21.6. The number of carbonyl (C=O) groups is 2. The van der Waals surface area contributed by atoms with E-state index in [-0.39, 0.29) is 23.8 Å². The molecule has 4 atom stereocenters. The Hall–Kier alpha value is -1.92. The number of nitrogens with one attached hydrogen (secondary N) is 1. The second kappa shape index (κ2) is 12.9. The summed E-state index contributed by atoms with van der Waals surface area (Å²) in [5.74, 6) is 0.318. The van der Waals surface area contributed by atoms with Crippen LogP contribution in [0.25, 0.3) is 0 Å². The van der Waals surface area contributed by atoms with Crippen LogP contribution in [0.15, 0.2) is 30.3 Å². The first kappa shape index (κ1) is 26.2. The number of nitrogens with zero attached hydrogens (tertiary/aromatic N) is 1. The number of rotatable bonds is 6. The van der Waals surface area contributed by atoms with Gasteiger partial charge in [0, 0.05) is 30.7 Å². The van der Waals surface area contributed by atoms with Gasteiger partial charge in [0.15, 0.2) is 0 Å². The van der Waals surface area contributed by atoms with Gasteiger partial charge in [-0.1, -0.05) is 43.2 Å². The molecule has 0 radical (unpaired) electrons. The molecule has 5 rings (SSSR count). The second-order valence-electron chi connectivity index (χ2n) is 10.7. The molecule has 6 nitrogen and oxygen atoms in total. The van der Waals surface area contributed by atoms with Crippen molar-refractivity contribution in [1.82, 2.24) is 10.2 Å². The Morgan fingerprint density at radius 1 is 0.800 bits per heavy atom. The van der Waals surface area contributed by atoms with Gasteiger partial charge < -0.3 is 14.8 Å². The van der Waals surface area contributed by atoms with Crippen LogP contribution in [0.2, 0.25) is 0 Å². The van der Waals surface area contributed by atoms with Crippen molar-refractivity contribution in [3.63, 3.8) is 0 Å². The Balaban J connectivity index is 0.000000179. The summed E-state index contributed by atoms with van der Waals surface area (Å²) in [6.45, 7) is 5.80. The van der Waals surface area contributed by atoms with Crippen LogP contribution in [-0.2, 0) is 25.6 Å². The zero-order valence-electron chi connectivity index (χ0n) is 21.6. The number of hydrogen-bond acceptors (Lipinski definition) is 6. The summed E-state index contributed by atoms with van der Waals surface area (Å²) in [7, 11) is 0. The molecule has 1 aromatic rings. The number of piperidine rings is 4. The highest BCUT2D eigenvalue weighted by Crippen LogP contribution is 2.38. The molecule has 1 N–H and O–H groups in total. The summed E-state index contributed by atoms with van der Waals surface area (Å²) in [5, 5.41) is 3.57. The third kappa shape index (κ3) is 7.07. The molecule has 4 bridgehead atoms. The first-order valence-electron chi connectivity index (χ1n) is 14.0. The summed E-state index contributed by atoms with van der Waals surface area (Å²) in [4.78, 5) is 26.3. The SMILES string of the molecule is CCOC(=O)C1CC2CCCC(C1)N2.CCOC(=O)C1CC2CCCC(C1)N2Cc1ccccc1. The van der Waals surface area contributed by atoms with Crippen LogP contribution < -0.4 is 5.32 Å². The Kier molecular flexibility index (Phi) is 9.61. The lowest BCUT2D eigenvalue weighted by molar-refractivity contribution is -0.153. The highest BCUT2D eigenvalue weighted by Gasteiger charge is 2.41. The summed E-state index contributed by atoms with van der Waals surface area (Å²) in [6, 6.07) is 12.9. The maximum absolute atomic E-state index is 12.1. The molecular weight excluding hydrogens is 440 g/mol. The third-order valence-corrected chi connectivity index (χ3v) is 8.29. The summed E-state index contributed by atoms with van der Waals surface area (Å²) in [5.41, 5.74) is 1.38. The largest absolute Gasteiger partial charge is 0.466 e. The minimum Gasteiger partial charge on any atom is -0.466 e. The minimum absolute atomic E-state index is 0.0194. The maximum atomic E-state index is 12.1. The molecule has 4 aliphatic heterocycles. The van der Waals surface area contributed by atoms with Gasteiger partial charge in [0.25, 0.3) is 0 Å². The van der Waals surface area contributed by atoms with Gasteiger partial charge in [-0.15, -0.1) is 0 Å². The van der Waals surface area contributed by atoms with E-state index in [1.807, 2.05) is 13.8 Å². The number of benzene rings is 1. The lowest BCUT2D eigenvalue weighted by Crippen LogP contribution is -2.52. The van der Waals surface area contributed by atoms with E-state index >= 15 is 0 Å². The molecule has 4 saturated heterocycles. The Morgan fingerprint density at radius 3 is 1.86 bits per heavy atom. The quantitative estimate of drug-likeness (QED) is 0.582. The van der Waals surface area contributed by atoms with Gasteiger partial charge >= 0.3 is 11.9 Å². The number of ether oxygens (including phenoxy) is 2. The normalized spacial score (nSPS) is 32.1. The summed E-state index contributed by atoms with van der Waals surface area (Å²) < 4.78 is 10.3. The lowest BCUT2D eigenvalue weighted by Gasteiger charge is -2.48. The van der Waals surface area contributed by atoms with Crippen LogP contribution >= 0.6 is 0 Å². The van der Waals surface area contributed by atoms with Gasteiger partial charge in [0.05, 0.1) is 25.0 Å². The standard InChI is InChI=1S/C18H25NO2.C11H19NO2/c1-2-21-18(20)15-11-16-9-6-10-17(12-15)19(16)13-14-7-4-3-5-8-14;1-2-14-11(13)8-6-9-4-3-5-10(7-8)12-9/h3-5,7-8,15-17H,2,6,9-13H2,1H3;8-10,12H,2-7H2,1H3. The summed E-state index contributed by atoms with van der Waals surface area (Å²) >= 11 is 0. The van der Waals surface area contributed by atoms with E-state index < -0.39 is 0 Å². The fourth-order valence-electron chi connectivity index (χ4n) is 6.70. The molecule has 6 heteroatoms. The molecule has 0 amide bonds. The van der Waals surface area contributed by atoms with E-state index in [9.17, 15) is 9.59 Å². The Bertz CT molecular complexity index is 790. The number of hydrogen-bond donors (Lipinski definition) is 1. The van der Waals surface area contributed by atoms with Crippen molar-refractivity contribution in [2.75, 3.05) is 13.2 Å². The van der Waals surface area contributed by atoms with Crippen molar-refractivity contribution in [2.45, 2.75) is 109 Å². The van der Waals surface area contributed by atoms with Gasteiger partial charge in [-0.05, 0) is 70.8 Å². The van der Waals surface area contributed by atoms with Gasteiger partial charge in [0.2, 0.25) is 0 Å². The average Bonchev–Trinajstić information content (AvgIpc) is 2.85. The molecule has 0 aliphatic carbocycles. The van der Waals surface area contributed by atoms with Crippen molar-refractivity contribution in [1.29, 1.82) is 0 Å². The maximum Gasteiger partial charge on any atom is 0.309 e.